The zero-order valence-electron chi connectivity index (χ0n) is 11.1. The van der Waals surface area contributed by atoms with E-state index < -0.39 is 10.0 Å². The summed E-state index contributed by atoms with van der Waals surface area (Å²) >= 11 is 1.75. The van der Waals surface area contributed by atoms with Crippen LogP contribution >= 0.6 is 11.8 Å². The van der Waals surface area contributed by atoms with Crippen LogP contribution in [0.5, 0.6) is 0 Å². The molecule has 0 aliphatic rings. The molecule has 0 atom stereocenters. The summed E-state index contributed by atoms with van der Waals surface area (Å²) in [5.41, 5.74) is 0.641. The Labute approximate surface area is 119 Å². The molecule has 4 nitrogen and oxygen atoms in total. The van der Waals surface area contributed by atoms with Gasteiger partial charge in [0.05, 0.1) is 5.69 Å². The highest BCUT2D eigenvalue weighted by Gasteiger charge is 2.16. The van der Waals surface area contributed by atoms with Crippen LogP contribution in [-0.4, -0.2) is 33.0 Å². The fourth-order valence-electron chi connectivity index (χ4n) is 1.54. The van der Waals surface area contributed by atoms with Gasteiger partial charge in [0.15, 0.2) is 0 Å². The predicted octanol–water partition coefficient (Wildman–Crippen LogP) is 2.32. The minimum absolute atomic E-state index is 0.297. The van der Waals surface area contributed by atoms with Crippen LogP contribution in [0.2, 0.25) is 0 Å². The normalized spacial score (nSPS) is 11.2. The Hall–Kier alpha value is -0.980. The fraction of sp³-hybridized carbons (Fsp3) is 0.385. The Morgan fingerprint density at radius 2 is 2.11 bits per heavy atom. The zero-order chi connectivity index (χ0) is 14.1. The molecule has 1 rings (SSSR count). The first-order chi connectivity index (χ1) is 9.11. The second-order valence-corrected chi connectivity index (χ2v) is 6.67. The Bertz CT molecular complexity index is 501. The minimum atomic E-state index is -3.42. The number of hydrogen-bond acceptors (Lipinski definition) is 4. The Morgan fingerprint density at radius 1 is 1.37 bits per heavy atom. The molecule has 0 aliphatic heterocycles. The van der Waals surface area contributed by atoms with Crippen molar-refractivity contribution >= 4 is 27.5 Å². The van der Waals surface area contributed by atoms with Crippen molar-refractivity contribution in [3.8, 4) is 0 Å². The standard InChI is InChI=1S/C13H20N2O2S2/c1-3-10-18-11-9-14-12-7-5-6-8-13(12)19(16,17)15-4-2/h3,5-8,14-15H,1,4,9-11H2,2H3. The molecule has 0 bridgehead atoms. The Balaban J connectivity index is 2.71. The molecular formula is C13H20N2O2S2. The maximum Gasteiger partial charge on any atom is 0.242 e. The van der Waals surface area contributed by atoms with Crippen molar-refractivity contribution in [2.24, 2.45) is 0 Å². The highest BCUT2D eigenvalue weighted by atomic mass is 32.2. The van der Waals surface area contributed by atoms with Gasteiger partial charge < -0.3 is 5.32 Å². The third kappa shape index (κ3) is 5.26. The van der Waals surface area contributed by atoms with Gasteiger partial charge in [0.2, 0.25) is 10.0 Å². The molecule has 0 saturated carbocycles. The first-order valence-electron chi connectivity index (χ1n) is 6.13. The highest BCUT2D eigenvalue weighted by Crippen LogP contribution is 2.20. The summed E-state index contributed by atoms with van der Waals surface area (Å²) in [5, 5.41) is 3.16. The van der Waals surface area contributed by atoms with Crippen LogP contribution in [0.15, 0.2) is 41.8 Å². The number of benzene rings is 1. The molecule has 0 heterocycles. The van der Waals surface area contributed by atoms with Crippen LogP contribution in [-0.2, 0) is 10.0 Å². The molecule has 2 N–H and O–H groups in total. The van der Waals surface area contributed by atoms with Gasteiger partial charge in [-0.05, 0) is 12.1 Å². The lowest BCUT2D eigenvalue weighted by Gasteiger charge is -2.12. The van der Waals surface area contributed by atoms with Crippen LogP contribution in [0.3, 0.4) is 0 Å². The fourth-order valence-corrected chi connectivity index (χ4v) is 3.34. The molecule has 0 spiro atoms. The molecule has 106 valence electrons. The third-order valence-electron chi connectivity index (χ3n) is 2.31. The van der Waals surface area contributed by atoms with Gasteiger partial charge >= 0.3 is 0 Å². The largest absolute Gasteiger partial charge is 0.383 e. The number of nitrogens with one attached hydrogen (secondary N) is 2. The second-order valence-electron chi connectivity index (χ2n) is 3.79. The van der Waals surface area contributed by atoms with Gasteiger partial charge in [-0.15, -0.1) is 6.58 Å². The van der Waals surface area contributed by atoms with Crippen LogP contribution in [0.4, 0.5) is 5.69 Å². The lowest BCUT2D eigenvalue weighted by molar-refractivity contribution is 0.584. The first-order valence-corrected chi connectivity index (χ1v) is 8.76. The third-order valence-corrected chi connectivity index (χ3v) is 4.88. The molecule has 0 radical (unpaired) electrons. The summed E-state index contributed by atoms with van der Waals surface area (Å²) in [6.45, 7) is 6.52. The van der Waals surface area contributed by atoms with Gasteiger partial charge in [-0.2, -0.15) is 11.8 Å². The Morgan fingerprint density at radius 3 is 2.79 bits per heavy atom. The molecular weight excluding hydrogens is 280 g/mol. The molecule has 1 aromatic carbocycles. The second kappa shape index (κ2) is 8.24. The molecule has 1 aromatic rings. The number of para-hydroxylation sites is 1. The topological polar surface area (TPSA) is 58.2 Å². The van der Waals surface area contributed by atoms with Crippen LogP contribution < -0.4 is 10.0 Å². The van der Waals surface area contributed by atoms with Crippen molar-refractivity contribution in [3.63, 3.8) is 0 Å². The van der Waals surface area contributed by atoms with Gasteiger partial charge in [0.1, 0.15) is 4.90 Å². The van der Waals surface area contributed by atoms with Gasteiger partial charge in [-0.3, -0.25) is 0 Å². The predicted molar refractivity (Wildman–Crippen MR) is 83.3 cm³/mol. The summed E-state index contributed by atoms with van der Waals surface area (Å²) in [6.07, 6.45) is 1.86. The average molecular weight is 300 g/mol. The number of thioether (sulfide) groups is 1. The monoisotopic (exact) mass is 300 g/mol. The summed E-state index contributed by atoms with van der Waals surface area (Å²) in [5.74, 6) is 1.81. The summed E-state index contributed by atoms with van der Waals surface area (Å²) in [6, 6.07) is 6.94. The van der Waals surface area contributed by atoms with Crippen LogP contribution in [0.1, 0.15) is 6.92 Å². The van der Waals surface area contributed by atoms with E-state index in [0.29, 0.717) is 17.1 Å². The number of hydrogen-bond donors (Lipinski definition) is 2. The van der Waals surface area contributed by atoms with Crippen molar-refractivity contribution < 1.29 is 8.42 Å². The van der Waals surface area contributed by atoms with E-state index in [-0.39, 0.29) is 0 Å². The lowest BCUT2D eigenvalue weighted by Crippen LogP contribution is -2.24. The van der Waals surface area contributed by atoms with Gasteiger partial charge in [0.25, 0.3) is 0 Å². The minimum Gasteiger partial charge on any atom is -0.383 e. The molecule has 0 aromatic heterocycles. The average Bonchev–Trinajstić information content (AvgIpc) is 2.39. The maximum atomic E-state index is 12.0. The molecule has 19 heavy (non-hydrogen) atoms. The van der Waals surface area contributed by atoms with Crippen LogP contribution in [0.25, 0.3) is 0 Å². The van der Waals surface area contributed by atoms with Crippen molar-refractivity contribution in [3.05, 3.63) is 36.9 Å². The summed E-state index contributed by atoms with van der Waals surface area (Å²) in [4.78, 5) is 0.297. The van der Waals surface area contributed by atoms with E-state index in [9.17, 15) is 8.42 Å². The molecule has 0 unspecified atom stereocenters. The van der Waals surface area contributed by atoms with E-state index in [0.717, 1.165) is 18.1 Å². The van der Waals surface area contributed by atoms with Crippen molar-refractivity contribution in [2.75, 3.05) is 29.9 Å². The Kier molecular flexibility index (Phi) is 6.97. The zero-order valence-corrected chi connectivity index (χ0v) is 12.7. The van der Waals surface area contributed by atoms with Gasteiger partial charge in [-0.25, -0.2) is 13.1 Å². The van der Waals surface area contributed by atoms with E-state index in [1.54, 1.807) is 36.9 Å². The molecule has 6 heteroatoms. The van der Waals surface area contributed by atoms with E-state index in [1.165, 1.54) is 0 Å². The number of sulfonamides is 1. The van der Waals surface area contributed by atoms with Crippen LogP contribution in [0, 0.1) is 0 Å². The van der Waals surface area contributed by atoms with E-state index >= 15 is 0 Å². The first kappa shape index (κ1) is 16.1. The van der Waals surface area contributed by atoms with Gasteiger partial charge in [-0.1, -0.05) is 25.1 Å². The van der Waals surface area contributed by atoms with Gasteiger partial charge in [0, 0.05) is 24.6 Å². The molecule has 0 fully saturated rings. The van der Waals surface area contributed by atoms with Crippen molar-refractivity contribution in [1.29, 1.82) is 0 Å². The van der Waals surface area contributed by atoms with Crippen molar-refractivity contribution in [1.82, 2.24) is 4.72 Å². The van der Waals surface area contributed by atoms with E-state index in [2.05, 4.69) is 16.6 Å². The van der Waals surface area contributed by atoms with E-state index in [1.807, 2.05) is 12.1 Å². The molecule has 0 aliphatic carbocycles. The smallest absolute Gasteiger partial charge is 0.242 e. The maximum absolute atomic E-state index is 12.0. The van der Waals surface area contributed by atoms with Crippen molar-refractivity contribution in [2.45, 2.75) is 11.8 Å². The molecule has 0 amide bonds. The summed E-state index contributed by atoms with van der Waals surface area (Å²) in [7, 11) is -3.42. The van der Waals surface area contributed by atoms with E-state index in [4.69, 9.17) is 0 Å². The quantitative estimate of drug-likeness (QED) is 0.543. The molecule has 0 saturated heterocycles. The lowest BCUT2D eigenvalue weighted by atomic mass is 10.3. The number of rotatable bonds is 9. The SMILES string of the molecule is C=CCSCCNc1ccccc1S(=O)(=O)NCC. The number of anilines is 1. The highest BCUT2D eigenvalue weighted by molar-refractivity contribution is 7.99. The summed E-state index contributed by atoms with van der Waals surface area (Å²) < 4.78 is 26.5.